The monoisotopic (exact) mass is 385 g/mol. The number of para-hydroxylation sites is 2. The zero-order valence-electron chi connectivity index (χ0n) is 15.5. The molecule has 0 bridgehead atoms. The highest BCUT2D eigenvalue weighted by molar-refractivity contribution is 5.89. The summed E-state index contributed by atoms with van der Waals surface area (Å²) in [7, 11) is 0. The number of hydrogen-bond donors (Lipinski definition) is 1. The molecule has 4 rings (SSSR count). The molecule has 1 N–H and O–H groups in total. The largest absolute Gasteiger partial charge is 0.339 e. The lowest BCUT2D eigenvalue weighted by Crippen LogP contribution is -2.50. The number of hydrogen-bond acceptors (Lipinski definition) is 3. The van der Waals surface area contributed by atoms with Crippen LogP contribution < -0.4 is 10.2 Å². The Bertz CT molecular complexity index is 1010. The first-order valence-corrected chi connectivity index (χ1v) is 9.28. The maximum atomic E-state index is 13.8. The lowest BCUT2D eigenvalue weighted by atomic mass is 10.3. The Kier molecular flexibility index (Phi) is 4.85. The molecule has 2 aromatic carbocycles. The van der Waals surface area contributed by atoms with Crippen LogP contribution in [-0.2, 0) is 6.54 Å². The Hall–Kier alpha value is -3.16. The minimum absolute atomic E-state index is 0.0263. The summed E-state index contributed by atoms with van der Waals surface area (Å²) >= 11 is 0. The van der Waals surface area contributed by atoms with E-state index in [9.17, 15) is 13.6 Å². The van der Waals surface area contributed by atoms with Crippen LogP contribution in [-0.4, -0.2) is 46.7 Å². The van der Waals surface area contributed by atoms with Crippen molar-refractivity contribution in [2.75, 3.05) is 36.4 Å². The first-order valence-electron chi connectivity index (χ1n) is 9.28. The minimum atomic E-state index is -0.788. The third-order valence-electron chi connectivity index (χ3n) is 4.97. The zero-order chi connectivity index (χ0) is 19.7. The number of rotatable bonds is 3. The molecule has 0 saturated carbocycles. The van der Waals surface area contributed by atoms with Gasteiger partial charge in [-0.15, -0.1) is 0 Å². The Morgan fingerprint density at radius 3 is 2.57 bits per heavy atom. The first kappa shape index (κ1) is 18.2. The fourth-order valence-corrected chi connectivity index (χ4v) is 3.51. The van der Waals surface area contributed by atoms with Gasteiger partial charge in [-0.3, -0.25) is 0 Å². The van der Waals surface area contributed by atoms with Crippen molar-refractivity contribution < 1.29 is 13.6 Å². The number of halogens is 2. The van der Waals surface area contributed by atoms with Crippen LogP contribution in [0.2, 0.25) is 0 Å². The van der Waals surface area contributed by atoms with E-state index in [-0.39, 0.29) is 5.69 Å². The molecule has 1 aliphatic rings. The molecule has 1 aromatic heterocycles. The highest BCUT2D eigenvalue weighted by Crippen LogP contribution is 2.24. The molecule has 1 saturated heterocycles. The van der Waals surface area contributed by atoms with Crippen LogP contribution in [0.4, 0.5) is 25.2 Å². The van der Waals surface area contributed by atoms with E-state index in [1.807, 2.05) is 18.2 Å². The summed E-state index contributed by atoms with van der Waals surface area (Å²) in [4.78, 5) is 21.0. The molecule has 0 atom stereocenters. The molecule has 1 fully saturated rings. The molecule has 0 spiro atoms. The summed E-state index contributed by atoms with van der Waals surface area (Å²) in [5.74, 6) is -0.570. The summed E-state index contributed by atoms with van der Waals surface area (Å²) < 4.78 is 28.9. The Balaban J connectivity index is 1.44. The highest BCUT2D eigenvalue weighted by atomic mass is 19.1. The summed E-state index contributed by atoms with van der Waals surface area (Å²) in [6, 6.07) is 10.7. The van der Waals surface area contributed by atoms with Crippen molar-refractivity contribution in [1.82, 2.24) is 14.5 Å². The van der Waals surface area contributed by atoms with Gasteiger partial charge in [-0.1, -0.05) is 12.1 Å². The lowest BCUT2D eigenvalue weighted by Gasteiger charge is -2.35. The van der Waals surface area contributed by atoms with Gasteiger partial charge in [0.25, 0.3) is 0 Å². The molecule has 6 nitrogen and oxygen atoms in total. The number of fused-ring (bicyclic) bond motifs is 1. The number of benzene rings is 2. The maximum absolute atomic E-state index is 13.8. The van der Waals surface area contributed by atoms with Crippen molar-refractivity contribution in [3.8, 4) is 0 Å². The predicted octanol–water partition coefficient (Wildman–Crippen LogP) is 3.69. The van der Waals surface area contributed by atoms with Crippen LogP contribution >= 0.6 is 0 Å². The number of urea groups is 1. The quantitative estimate of drug-likeness (QED) is 0.748. The summed E-state index contributed by atoms with van der Waals surface area (Å²) in [6.45, 7) is 5.12. The molecule has 2 heterocycles. The number of aryl methyl sites for hydroxylation is 1. The van der Waals surface area contributed by atoms with Crippen molar-refractivity contribution in [3.05, 3.63) is 54.1 Å². The van der Waals surface area contributed by atoms with Crippen molar-refractivity contribution in [2.24, 2.45) is 0 Å². The van der Waals surface area contributed by atoms with Gasteiger partial charge in [0.1, 0.15) is 11.6 Å². The van der Waals surface area contributed by atoms with Gasteiger partial charge in [0, 0.05) is 38.8 Å². The number of nitrogens with one attached hydrogen (secondary N) is 1. The van der Waals surface area contributed by atoms with E-state index in [1.54, 1.807) is 4.90 Å². The van der Waals surface area contributed by atoms with Crippen LogP contribution in [0.5, 0.6) is 0 Å². The van der Waals surface area contributed by atoms with Crippen molar-refractivity contribution >= 4 is 28.7 Å². The smallest absolute Gasteiger partial charge is 0.322 e. The van der Waals surface area contributed by atoms with Gasteiger partial charge in [0.2, 0.25) is 5.95 Å². The van der Waals surface area contributed by atoms with Crippen molar-refractivity contribution in [2.45, 2.75) is 13.5 Å². The fraction of sp³-hybridized carbons (Fsp3) is 0.300. The van der Waals surface area contributed by atoms with E-state index in [0.29, 0.717) is 26.2 Å². The number of anilines is 2. The molecule has 0 aliphatic carbocycles. The summed E-state index contributed by atoms with van der Waals surface area (Å²) in [6.07, 6.45) is 0. The molecule has 1 aliphatic heterocycles. The van der Waals surface area contributed by atoms with Crippen LogP contribution in [0.25, 0.3) is 11.0 Å². The van der Waals surface area contributed by atoms with Gasteiger partial charge in [0.05, 0.1) is 16.7 Å². The average Bonchev–Trinajstić information content (AvgIpc) is 3.09. The molecular formula is C20H21F2N5O. The Morgan fingerprint density at radius 1 is 1.11 bits per heavy atom. The summed E-state index contributed by atoms with van der Waals surface area (Å²) in [5.41, 5.74) is 2.01. The second-order valence-electron chi connectivity index (χ2n) is 6.67. The van der Waals surface area contributed by atoms with Gasteiger partial charge in [-0.2, -0.15) is 0 Å². The molecule has 146 valence electrons. The molecule has 28 heavy (non-hydrogen) atoms. The lowest BCUT2D eigenvalue weighted by molar-refractivity contribution is 0.207. The zero-order valence-corrected chi connectivity index (χ0v) is 15.5. The van der Waals surface area contributed by atoms with Gasteiger partial charge >= 0.3 is 6.03 Å². The normalized spacial score (nSPS) is 14.5. The minimum Gasteiger partial charge on any atom is -0.339 e. The molecular weight excluding hydrogens is 364 g/mol. The predicted molar refractivity (Wildman–Crippen MR) is 105 cm³/mol. The third-order valence-corrected chi connectivity index (χ3v) is 4.97. The van der Waals surface area contributed by atoms with Gasteiger partial charge in [-0.25, -0.2) is 18.6 Å². The first-order chi connectivity index (χ1) is 13.6. The Morgan fingerprint density at radius 2 is 1.86 bits per heavy atom. The molecule has 0 radical (unpaired) electrons. The maximum Gasteiger partial charge on any atom is 0.322 e. The van der Waals surface area contributed by atoms with E-state index in [4.69, 9.17) is 4.98 Å². The van der Waals surface area contributed by atoms with Gasteiger partial charge in [0.15, 0.2) is 0 Å². The number of nitrogens with zero attached hydrogens (tertiary/aromatic N) is 4. The van der Waals surface area contributed by atoms with E-state index in [2.05, 4.69) is 27.8 Å². The molecule has 8 heteroatoms. The Labute approximate surface area is 161 Å². The van der Waals surface area contributed by atoms with Crippen molar-refractivity contribution in [3.63, 3.8) is 0 Å². The number of piperazine rings is 1. The number of amides is 2. The SMILES string of the molecule is CCn1c(N2CCN(C(=O)Nc3ccc(F)cc3F)CC2)nc2ccccc21. The average molecular weight is 385 g/mol. The summed E-state index contributed by atoms with van der Waals surface area (Å²) in [5, 5.41) is 2.51. The van der Waals surface area contributed by atoms with Crippen LogP contribution in [0.3, 0.4) is 0 Å². The molecule has 3 aromatic rings. The number of aromatic nitrogens is 2. The fourth-order valence-electron chi connectivity index (χ4n) is 3.51. The van der Waals surface area contributed by atoms with E-state index in [0.717, 1.165) is 35.7 Å². The third kappa shape index (κ3) is 3.37. The molecule has 0 unspecified atom stereocenters. The van der Waals surface area contributed by atoms with Gasteiger partial charge in [-0.05, 0) is 31.2 Å². The number of carbonyl (C=O) groups is 1. The standard InChI is InChI=1S/C20H21F2N5O/c1-2-27-18-6-4-3-5-17(18)23-19(27)25-9-11-26(12-10-25)20(28)24-16-8-7-14(21)13-15(16)22/h3-8,13H,2,9-12H2,1H3,(H,24,28). The van der Waals surface area contributed by atoms with Crippen LogP contribution in [0, 0.1) is 11.6 Å². The van der Waals surface area contributed by atoms with E-state index in [1.165, 1.54) is 6.07 Å². The highest BCUT2D eigenvalue weighted by Gasteiger charge is 2.25. The van der Waals surface area contributed by atoms with Crippen molar-refractivity contribution in [1.29, 1.82) is 0 Å². The van der Waals surface area contributed by atoms with Gasteiger partial charge < -0.3 is 19.7 Å². The van der Waals surface area contributed by atoms with Crippen LogP contribution in [0.1, 0.15) is 6.92 Å². The van der Waals surface area contributed by atoms with E-state index < -0.39 is 17.7 Å². The topological polar surface area (TPSA) is 53.4 Å². The number of carbonyl (C=O) groups excluding carboxylic acids is 1. The van der Waals surface area contributed by atoms with E-state index >= 15 is 0 Å². The molecule has 2 amide bonds. The second kappa shape index (κ2) is 7.46. The number of imidazole rings is 1. The second-order valence-corrected chi connectivity index (χ2v) is 6.67. The van der Waals surface area contributed by atoms with Crippen LogP contribution in [0.15, 0.2) is 42.5 Å².